The Morgan fingerprint density at radius 3 is 2.65 bits per heavy atom. The van der Waals surface area contributed by atoms with Crippen molar-refractivity contribution in [2.24, 2.45) is 0 Å². The van der Waals surface area contributed by atoms with Crippen molar-refractivity contribution in [1.82, 2.24) is 0 Å². The van der Waals surface area contributed by atoms with E-state index in [-0.39, 0.29) is 5.75 Å². The van der Waals surface area contributed by atoms with Crippen molar-refractivity contribution in [3.8, 4) is 5.75 Å². The fraction of sp³-hybridized carbons (Fsp3) is 0. The Bertz CT molecular complexity index is 562. The lowest BCUT2D eigenvalue weighted by molar-refractivity contribution is 0.213. The zero-order chi connectivity index (χ0) is 12.1. The van der Waals surface area contributed by atoms with Gasteiger partial charge in [-0.1, -0.05) is 18.2 Å². The molecule has 0 saturated carbocycles. The first-order valence-corrected chi connectivity index (χ1v) is 4.86. The number of anilines is 1. The van der Waals surface area contributed by atoms with Gasteiger partial charge in [-0.25, -0.2) is 4.79 Å². The summed E-state index contributed by atoms with van der Waals surface area (Å²) in [6.07, 6.45) is 1.55. The lowest BCUT2D eigenvalue weighted by Crippen LogP contribution is -2.19. The highest BCUT2D eigenvalue weighted by Crippen LogP contribution is 2.07. The van der Waals surface area contributed by atoms with Crippen LogP contribution in [0.25, 0.3) is 0 Å². The summed E-state index contributed by atoms with van der Waals surface area (Å²) in [6.45, 7) is 0. The predicted molar refractivity (Wildman–Crippen MR) is 61.1 cm³/mol. The first-order chi connectivity index (χ1) is 8.25. The van der Waals surface area contributed by atoms with Crippen LogP contribution in [0.4, 0.5) is 10.5 Å². The van der Waals surface area contributed by atoms with Gasteiger partial charge in [0.15, 0.2) is 0 Å². The Balaban J connectivity index is 2.04. The summed E-state index contributed by atoms with van der Waals surface area (Å²) in [7, 11) is 0. The minimum atomic E-state index is -0.741. The van der Waals surface area contributed by atoms with Crippen molar-refractivity contribution < 1.29 is 13.9 Å². The predicted octanol–water partition coefficient (Wildman–Crippen LogP) is 2.25. The smallest absolute Gasteiger partial charge is 0.417 e. The minimum absolute atomic E-state index is 0.152. The van der Waals surface area contributed by atoms with Crippen LogP contribution in [-0.2, 0) is 0 Å². The summed E-state index contributed by atoms with van der Waals surface area (Å²) in [5.41, 5.74) is 0.164. The van der Waals surface area contributed by atoms with Gasteiger partial charge in [0.2, 0.25) is 11.2 Å². The van der Waals surface area contributed by atoms with Gasteiger partial charge in [-0.3, -0.25) is 10.1 Å². The van der Waals surface area contributed by atoms with Gasteiger partial charge in [-0.2, -0.15) is 0 Å². The molecule has 1 amide bonds. The highest BCUT2D eigenvalue weighted by atomic mass is 16.6. The molecule has 0 radical (unpaired) electrons. The van der Waals surface area contributed by atoms with E-state index in [2.05, 4.69) is 5.32 Å². The number of para-hydroxylation sites is 1. The van der Waals surface area contributed by atoms with E-state index in [9.17, 15) is 9.59 Å². The molecule has 0 spiro atoms. The Morgan fingerprint density at radius 1 is 1.18 bits per heavy atom. The molecule has 0 aliphatic rings. The van der Waals surface area contributed by atoms with E-state index in [1.165, 1.54) is 12.3 Å². The fourth-order valence-electron chi connectivity index (χ4n) is 1.18. The Labute approximate surface area is 96.6 Å². The van der Waals surface area contributed by atoms with Crippen LogP contribution in [0.5, 0.6) is 5.75 Å². The second-order valence-corrected chi connectivity index (χ2v) is 3.17. The highest BCUT2D eigenvalue weighted by molar-refractivity contribution is 5.86. The van der Waals surface area contributed by atoms with Crippen molar-refractivity contribution in [3.05, 3.63) is 59.1 Å². The van der Waals surface area contributed by atoms with Gasteiger partial charge >= 0.3 is 6.09 Å². The molecule has 1 aromatic carbocycles. The maximum absolute atomic E-state index is 11.4. The molecule has 2 rings (SSSR count). The maximum atomic E-state index is 11.4. The van der Waals surface area contributed by atoms with Crippen LogP contribution in [0, 0.1) is 0 Å². The van der Waals surface area contributed by atoms with Crippen LogP contribution >= 0.6 is 0 Å². The molecule has 0 saturated heterocycles. The summed E-state index contributed by atoms with van der Waals surface area (Å²) in [4.78, 5) is 22.7. The summed E-state index contributed by atoms with van der Waals surface area (Å²) in [6, 6.07) is 9.94. The number of hydrogen-bond donors (Lipinski definition) is 1. The third-order valence-corrected chi connectivity index (χ3v) is 1.94. The van der Waals surface area contributed by atoms with Gasteiger partial charge in [-0.05, 0) is 12.1 Å². The topological polar surface area (TPSA) is 68.5 Å². The molecule has 17 heavy (non-hydrogen) atoms. The number of amides is 1. The van der Waals surface area contributed by atoms with Gasteiger partial charge in [-0.15, -0.1) is 0 Å². The number of nitrogens with one attached hydrogen (secondary N) is 1. The molecule has 2 aromatic rings. The molecule has 0 atom stereocenters. The summed E-state index contributed by atoms with van der Waals surface area (Å²) >= 11 is 0. The number of ether oxygens (including phenoxy) is 1. The molecule has 0 bridgehead atoms. The first-order valence-electron chi connectivity index (χ1n) is 4.86. The quantitative estimate of drug-likeness (QED) is 0.860. The lowest BCUT2D eigenvalue weighted by atomic mass is 10.3. The number of carbonyl (C=O) groups excluding carboxylic acids is 1. The SMILES string of the molecule is O=C(Nc1ccccc1)Oc1coccc1=O. The zero-order valence-corrected chi connectivity index (χ0v) is 8.75. The summed E-state index contributed by atoms with van der Waals surface area (Å²) in [5, 5.41) is 2.48. The van der Waals surface area contributed by atoms with E-state index in [1.807, 2.05) is 6.07 Å². The van der Waals surface area contributed by atoms with Gasteiger partial charge in [0.25, 0.3) is 0 Å². The van der Waals surface area contributed by atoms with Crippen molar-refractivity contribution in [2.75, 3.05) is 5.32 Å². The molecule has 1 heterocycles. The molecule has 0 fully saturated rings. The summed E-state index contributed by atoms with van der Waals surface area (Å²) < 4.78 is 9.53. The van der Waals surface area contributed by atoms with E-state index in [0.29, 0.717) is 5.69 Å². The Kier molecular flexibility index (Phi) is 3.20. The van der Waals surface area contributed by atoms with E-state index in [4.69, 9.17) is 9.15 Å². The molecule has 0 aliphatic carbocycles. The Hall–Kier alpha value is -2.56. The molecule has 5 heteroatoms. The normalized spacial score (nSPS) is 9.65. The highest BCUT2D eigenvalue weighted by Gasteiger charge is 2.07. The second kappa shape index (κ2) is 4.98. The molecular formula is C12H9NO4. The van der Waals surface area contributed by atoms with Gasteiger partial charge in [0.1, 0.15) is 6.26 Å². The van der Waals surface area contributed by atoms with Crippen molar-refractivity contribution in [1.29, 1.82) is 0 Å². The zero-order valence-electron chi connectivity index (χ0n) is 8.75. The number of carbonyl (C=O) groups is 1. The third kappa shape index (κ3) is 2.94. The molecule has 1 N–H and O–H groups in total. The standard InChI is InChI=1S/C12H9NO4/c14-10-6-7-16-8-11(10)17-12(15)13-9-4-2-1-3-5-9/h1-8H,(H,13,15). The monoisotopic (exact) mass is 231 g/mol. The molecule has 0 aliphatic heterocycles. The second-order valence-electron chi connectivity index (χ2n) is 3.17. The summed E-state index contributed by atoms with van der Waals surface area (Å²) in [5.74, 6) is -0.152. The molecular weight excluding hydrogens is 222 g/mol. The molecule has 1 aromatic heterocycles. The van der Waals surface area contributed by atoms with Crippen LogP contribution < -0.4 is 15.5 Å². The van der Waals surface area contributed by atoms with Gasteiger partial charge in [0.05, 0.1) is 6.26 Å². The van der Waals surface area contributed by atoms with Crippen molar-refractivity contribution in [2.45, 2.75) is 0 Å². The number of hydrogen-bond acceptors (Lipinski definition) is 4. The van der Waals surface area contributed by atoms with Crippen LogP contribution in [0.3, 0.4) is 0 Å². The van der Waals surface area contributed by atoms with E-state index < -0.39 is 11.5 Å². The van der Waals surface area contributed by atoms with E-state index >= 15 is 0 Å². The van der Waals surface area contributed by atoms with Crippen LogP contribution in [0.2, 0.25) is 0 Å². The average molecular weight is 231 g/mol. The fourth-order valence-corrected chi connectivity index (χ4v) is 1.18. The number of rotatable bonds is 2. The van der Waals surface area contributed by atoms with Crippen molar-refractivity contribution >= 4 is 11.8 Å². The molecule has 5 nitrogen and oxygen atoms in total. The lowest BCUT2D eigenvalue weighted by Gasteiger charge is -2.04. The van der Waals surface area contributed by atoms with Gasteiger partial charge in [0, 0.05) is 11.8 Å². The average Bonchev–Trinajstić information content (AvgIpc) is 2.33. The van der Waals surface area contributed by atoms with E-state index in [0.717, 1.165) is 6.26 Å². The maximum Gasteiger partial charge on any atom is 0.417 e. The Morgan fingerprint density at radius 2 is 1.94 bits per heavy atom. The van der Waals surface area contributed by atoms with E-state index in [1.54, 1.807) is 24.3 Å². The number of benzene rings is 1. The third-order valence-electron chi connectivity index (χ3n) is 1.94. The van der Waals surface area contributed by atoms with Crippen molar-refractivity contribution in [3.63, 3.8) is 0 Å². The molecule has 0 unspecified atom stereocenters. The first kappa shape index (κ1) is 10.9. The minimum Gasteiger partial charge on any atom is -0.468 e. The van der Waals surface area contributed by atoms with Crippen LogP contribution in [0.15, 0.2) is 58.1 Å². The molecule has 86 valence electrons. The largest absolute Gasteiger partial charge is 0.468 e. The van der Waals surface area contributed by atoms with Crippen LogP contribution in [0.1, 0.15) is 0 Å². The van der Waals surface area contributed by atoms with Gasteiger partial charge < -0.3 is 9.15 Å². The van der Waals surface area contributed by atoms with Crippen LogP contribution in [-0.4, -0.2) is 6.09 Å².